The van der Waals surface area contributed by atoms with E-state index in [0.29, 0.717) is 30.6 Å². The van der Waals surface area contributed by atoms with Crippen LogP contribution in [0.5, 0.6) is 0 Å². The van der Waals surface area contributed by atoms with Crippen molar-refractivity contribution in [2.75, 3.05) is 0 Å². The van der Waals surface area contributed by atoms with Crippen molar-refractivity contribution in [1.82, 2.24) is 0 Å². The summed E-state index contributed by atoms with van der Waals surface area (Å²) in [5.41, 5.74) is 0.115. The number of allylic oxidation sites excluding steroid dienone is 4. The average Bonchev–Trinajstić information content (AvgIpc) is 2.89. The fourth-order valence-corrected chi connectivity index (χ4v) is 7.08. The molecular formula is C23H31O4+. The quantitative estimate of drug-likeness (QED) is 0.541. The Bertz CT molecular complexity index is 777. The van der Waals surface area contributed by atoms with Gasteiger partial charge in [-0.2, -0.15) is 0 Å². The zero-order valence-electron chi connectivity index (χ0n) is 16.9. The Kier molecular flexibility index (Phi) is 4.07. The normalized spacial score (nSPS) is 45.4. The van der Waals surface area contributed by atoms with Gasteiger partial charge in [0, 0.05) is 25.2 Å². The molecule has 0 aromatic heterocycles. The first-order valence-electron chi connectivity index (χ1n) is 10.3. The Hall–Kier alpha value is -1.71. The van der Waals surface area contributed by atoms with Gasteiger partial charge >= 0.3 is 11.8 Å². The van der Waals surface area contributed by atoms with Crippen molar-refractivity contribution < 1.29 is 19.1 Å². The highest BCUT2D eigenvalue weighted by Gasteiger charge is 2.69. The summed E-state index contributed by atoms with van der Waals surface area (Å²) in [5, 5.41) is 0. The minimum absolute atomic E-state index is 0.0549. The molecule has 2 saturated carbocycles. The van der Waals surface area contributed by atoms with E-state index in [2.05, 4.69) is 26.0 Å². The molecule has 4 aliphatic carbocycles. The van der Waals surface area contributed by atoms with Gasteiger partial charge in [0.1, 0.15) is 0 Å². The molecule has 0 bridgehead atoms. The van der Waals surface area contributed by atoms with Gasteiger partial charge in [0.25, 0.3) is 0 Å². The van der Waals surface area contributed by atoms with Gasteiger partial charge in [0.2, 0.25) is 5.60 Å². The predicted octanol–water partition coefficient (Wildman–Crippen LogP) is 4.16. The fourth-order valence-electron chi connectivity index (χ4n) is 7.08. The van der Waals surface area contributed by atoms with Crippen molar-refractivity contribution in [3.8, 4) is 0 Å². The maximum atomic E-state index is 11.9. The predicted molar refractivity (Wildman–Crippen MR) is 104 cm³/mol. The van der Waals surface area contributed by atoms with E-state index in [1.165, 1.54) is 12.5 Å². The van der Waals surface area contributed by atoms with Crippen LogP contribution in [-0.4, -0.2) is 27.9 Å². The number of carbonyl (C=O) groups is 2. The molecule has 0 heterocycles. The molecule has 4 aliphatic rings. The van der Waals surface area contributed by atoms with Crippen molar-refractivity contribution in [3.63, 3.8) is 0 Å². The van der Waals surface area contributed by atoms with E-state index in [4.69, 9.17) is 4.74 Å². The number of carbonyl (C=O) groups excluding carboxylic acids is 3. The summed E-state index contributed by atoms with van der Waals surface area (Å²) < 4.78 is 5.85. The van der Waals surface area contributed by atoms with E-state index in [-0.39, 0.29) is 28.4 Å². The molecule has 1 N–H and O–H groups in total. The van der Waals surface area contributed by atoms with E-state index in [0.717, 1.165) is 25.7 Å². The molecular weight excluding hydrogens is 340 g/mol. The highest BCUT2D eigenvalue weighted by molar-refractivity contribution is 5.92. The van der Waals surface area contributed by atoms with Crippen LogP contribution in [0.15, 0.2) is 23.8 Å². The van der Waals surface area contributed by atoms with Crippen LogP contribution in [-0.2, 0) is 14.3 Å². The van der Waals surface area contributed by atoms with Gasteiger partial charge in [-0.05, 0) is 60.5 Å². The Morgan fingerprint density at radius 3 is 2.52 bits per heavy atom. The van der Waals surface area contributed by atoms with Crippen LogP contribution in [0.1, 0.15) is 66.2 Å². The standard InChI is InChI=1S/C23H30O4/c1-14(24)23(27-15(2)25)12-9-20-18-6-5-16-13-17(26)7-10-21(16,3)19(18)8-11-22(20,23)4/h5-6,13,18-20H,7-12H2,1-4H3/p+1/t18?,19?,20?,21-,22-,23-/m0/s1. The van der Waals surface area contributed by atoms with Gasteiger partial charge in [-0.25, -0.2) is 0 Å². The number of hydrogen-bond donors (Lipinski definition) is 0. The lowest BCUT2D eigenvalue weighted by Gasteiger charge is -2.56. The largest absolute Gasteiger partial charge is 0.445 e. The first-order chi connectivity index (χ1) is 12.6. The summed E-state index contributed by atoms with van der Waals surface area (Å²) in [6, 6.07) is 0. The number of ketones is 2. The van der Waals surface area contributed by atoms with Gasteiger partial charge < -0.3 is 4.74 Å². The molecule has 0 aliphatic heterocycles. The monoisotopic (exact) mass is 371 g/mol. The molecule has 0 radical (unpaired) electrons. The maximum Gasteiger partial charge on any atom is 0.333 e. The fraction of sp³-hybridized carbons (Fsp3) is 0.696. The van der Waals surface area contributed by atoms with Gasteiger partial charge in [-0.1, -0.05) is 26.0 Å². The molecule has 0 saturated heterocycles. The molecule has 27 heavy (non-hydrogen) atoms. The molecule has 0 aromatic rings. The van der Waals surface area contributed by atoms with E-state index in [1.54, 1.807) is 6.92 Å². The lowest BCUT2D eigenvalue weighted by molar-refractivity contribution is -0.165. The Morgan fingerprint density at radius 2 is 1.85 bits per heavy atom. The van der Waals surface area contributed by atoms with Crippen LogP contribution in [0.2, 0.25) is 0 Å². The van der Waals surface area contributed by atoms with Crippen molar-refractivity contribution in [3.05, 3.63) is 23.8 Å². The molecule has 4 heteroatoms. The summed E-state index contributed by atoms with van der Waals surface area (Å²) >= 11 is 0. The van der Waals surface area contributed by atoms with Gasteiger partial charge in [-0.15, -0.1) is 0 Å². The minimum atomic E-state index is -0.873. The summed E-state index contributed by atoms with van der Waals surface area (Å²) in [6.45, 7) is 7.65. The maximum absolute atomic E-state index is 11.9. The zero-order valence-corrected chi connectivity index (χ0v) is 16.9. The smallest absolute Gasteiger partial charge is 0.333 e. The molecule has 6 atom stereocenters. The van der Waals surface area contributed by atoms with Crippen LogP contribution in [0, 0.1) is 28.6 Å². The van der Waals surface area contributed by atoms with Crippen molar-refractivity contribution >= 4 is 17.5 Å². The topological polar surface area (TPSA) is 64.8 Å². The summed E-state index contributed by atoms with van der Waals surface area (Å²) in [4.78, 5) is 34.4. The van der Waals surface area contributed by atoms with Gasteiger partial charge in [-0.3, -0.25) is 14.4 Å². The molecule has 146 valence electrons. The van der Waals surface area contributed by atoms with Crippen LogP contribution >= 0.6 is 0 Å². The Morgan fingerprint density at radius 1 is 1.15 bits per heavy atom. The second-order valence-electron chi connectivity index (χ2n) is 9.63. The van der Waals surface area contributed by atoms with Crippen LogP contribution in [0.4, 0.5) is 0 Å². The third kappa shape index (κ3) is 2.37. The SMILES string of the molecule is CC(=O)O[C@]1(C(C)=[OH+])CCC2C3C=CC4=CC(=O)CC[C@]4(C)C3CC[C@@]21C. The van der Waals surface area contributed by atoms with E-state index in [9.17, 15) is 14.4 Å². The minimum Gasteiger partial charge on any atom is -0.445 e. The zero-order chi connectivity index (χ0) is 19.6. The molecule has 2 fully saturated rings. The van der Waals surface area contributed by atoms with Gasteiger partial charge in [0.15, 0.2) is 5.78 Å². The number of hydrogen-bond acceptors (Lipinski definition) is 3. The van der Waals surface area contributed by atoms with Crippen molar-refractivity contribution in [2.45, 2.75) is 71.8 Å². The summed E-state index contributed by atoms with van der Waals surface area (Å²) in [5.74, 6) is 1.42. The number of esters is 1. The molecule has 3 unspecified atom stereocenters. The Labute approximate surface area is 161 Å². The number of rotatable bonds is 2. The summed E-state index contributed by atoms with van der Waals surface area (Å²) in [6.07, 6.45) is 11.5. The second kappa shape index (κ2) is 5.89. The first kappa shape index (κ1) is 18.6. The second-order valence-corrected chi connectivity index (χ2v) is 9.63. The molecule has 0 spiro atoms. The lowest BCUT2D eigenvalue weighted by Crippen LogP contribution is -2.58. The first-order valence-corrected chi connectivity index (χ1v) is 10.3. The van der Waals surface area contributed by atoms with Crippen LogP contribution in [0.25, 0.3) is 0 Å². The Balaban J connectivity index is 1.75. The van der Waals surface area contributed by atoms with Crippen molar-refractivity contribution in [1.29, 1.82) is 0 Å². The van der Waals surface area contributed by atoms with E-state index in [1.807, 2.05) is 6.08 Å². The molecule has 0 amide bonds. The van der Waals surface area contributed by atoms with Crippen LogP contribution in [0.3, 0.4) is 0 Å². The number of ether oxygens (including phenoxy) is 1. The average molecular weight is 371 g/mol. The molecule has 4 nitrogen and oxygen atoms in total. The van der Waals surface area contributed by atoms with E-state index >= 15 is 0 Å². The molecule has 4 rings (SSSR count). The lowest BCUT2D eigenvalue weighted by atomic mass is 9.48. The number of fused-ring (bicyclic) bond motifs is 5. The third-order valence-corrected chi connectivity index (χ3v) is 8.54. The highest BCUT2D eigenvalue weighted by atomic mass is 16.6. The van der Waals surface area contributed by atoms with E-state index < -0.39 is 5.60 Å². The van der Waals surface area contributed by atoms with Crippen molar-refractivity contribution in [2.24, 2.45) is 28.6 Å². The molecule has 0 aromatic carbocycles. The highest BCUT2D eigenvalue weighted by Crippen LogP contribution is 2.67. The van der Waals surface area contributed by atoms with Gasteiger partial charge in [0.05, 0.1) is 6.92 Å². The third-order valence-electron chi connectivity index (χ3n) is 8.54. The van der Waals surface area contributed by atoms with Crippen LogP contribution < -0.4 is 0 Å². The summed E-state index contributed by atoms with van der Waals surface area (Å²) in [7, 11) is 0.